The monoisotopic (exact) mass is 387 g/mol. The Bertz CT molecular complexity index is 948. The van der Waals surface area contributed by atoms with Crippen molar-refractivity contribution in [2.75, 3.05) is 17.7 Å². The summed E-state index contributed by atoms with van der Waals surface area (Å²) < 4.78 is 5.20. The highest BCUT2D eigenvalue weighted by atomic mass is 35.5. The Morgan fingerprint density at radius 1 is 0.962 bits per heavy atom. The van der Waals surface area contributed by atoms with Crippen molar-refractivity contribution in [1.29, 1.82) is 0 Å². The molecular formula is C19H15Cl2N3O2. The second-order valence-corrected chi connectivity index (χ2v) is 6.22. The number of pyridine rings is 1. The van der Waals surface area contributed by atoms with Crippen LogP contribution in [-0.2, 0) is 0 Å². The van der Waals surface area contributed by atoms with E-state index in [4.69, 9.17) is 27.9 Å². The Morgan fingerprint density at radius 3 is 2.58 bits per heavy atom. The number of hydrogen-bond acceptors (Lipinski definition) is 4. The molecular weight excluding hydrogens is 373 g/mol. The highest BCUT2D eigenvalue weighted by Crippen LogP contribution is 2.26. The number of nitrogens with zero attached hydrogens (tertiary/aromatic N) is 1. The first-order valence-corrected chi connectivity index (χ1v) is 8.43. The molecule has 5 nitrogen and oxygen atoms in total. The Hall–Kier alpha value is -2.76. The van der Waals surface area contributed by atoms with Crippen LogP contribution >= 0.6 is 23.2 Å². The summed E-state index contributed by atoms with van der Waals surface area (Å²) in [6.07, 6.45) is 3.12. The predicted octanol–water partition coefficient (Wildman–Crippen LogP) is 5.39. The first kappa shape index (κ1) is 18.0. The third kappa shape index (κ3) is 4.45. The van der Waals surface area contributed by atoms with Crippen molar-refractivity contribution in [2.24, 2.45) is 0 Å². The van der Waals surface area contributed by atoms with E-state index < -0.39 is 0 Å². The molecule has 0 atom stereocenters. The van der Waals surface area contributed by atoms with Crippen LogP contribution in [-0.4, -0.2) is 18.0 Å². The van der Waals surface area contributed by atoms with Gasteiger partial charge in [0.05, 0.1) is 34.6 Å². The Labute approximate surface area is 160 Å². The summed E-state index contributed by atoms with van der Waals surface area (Å²) in [5.74, 6) is 0.432. The van der Waals surface area contributed by atoms with Crippen LogP contribution in [0.5, 0.6) is 5.75 Å². The molecule has 0 unspecified atom stereocenters. The third-order valence-electron chi connectivity index (χ3n) is 3.54. The number of hydrogen-bond donors (Lipinski definition) is 2. The largest absolute Gasteiger partial charge is 0.497 e. The number of amides is 1. The fraction of sp³-hybridized carbons (Fsp3) is 0.0526. The Morgan fingerprint density at radius 2 is 1.81 bits per heavy atom. The number of anilines is 3. The van der Waals surface area contributed by atoms with Gasteiger partial charge in [0.2, 0.25) is 0 Å². The van der Waals surface area contributed by atoms with Crippen LogP contribution < -0.4 is 15.4 Å². The van der Waals surface area contributed by atoms with Crippen LogP contribution in [0.3, 0.4) is 0 Å². The summed E-state index contributed by atoms with van der Waals surface area (Å²) in [4.78, 5) is 16.6. The van der Waals surface area contributed by atoms with Gasteiger partial charge in [0.15, 0.2) is 0 Å². The standard InChI is InChI=1S/C19H15Cl2N3O2/c1-26-16-4-2-3-13(8-16)23-15-7-12(10-22-11-15)19(25)24-14-5-6-17(20)18(21)9-14/h2-11,23H,1H3,(H,24,25). The highest BCUT2D eigenvalue weighted by molar-refractivity contribution is 6.42. The number of carbonyl (C=O) groups excluding carboxylic acids is 1. The molecule has 0 saturated heterocycles. The maximum atomic E-state index is 12.4. The number of nitrogens with one attached hydrogen (secondary N) is 2. The normalized spacial score (nSPS) is 10.3. The van der Waals surface area contributed by atoms with Crippen molar-refractivity contribution in [1.82, 2.24) is 4.98 Å². The van der Waals surface area contributed by atoms with Gasteiger partial charge < -0.3 is 15.4 Å². The van der Waals surface area contributed by atoms with Gasteiger partial charge in [0, 0.05) is 23.6 Å². The van der Waals surface area contributed by atoms with Crippen molar-refractivity contribution in [3.63, 3.8) is 0 Å². The molecule has 7 heteroatoms. The number of benzene rings is 2. The summed E-state index contributed by atoms with van der Waals surface area (Å²) in [6, 6.07) is 14.1. The SMILES string of the molecule is COc1cccc(Nc2cncc(C(=O)Nc3ccc(Cl)c(Cl)c3)c2)c1. The zero-order chi connectivity index (χ0) is 18.5. The maximum absolute atomic E-state index is 12.4. The van der Waals surface area contributed by atoms with E-state index in [0.29, 0.717) is 27.0 Å². The van der Waals surface area contributed by atoms with E-state index in [0.717, 1.165) is 11.4 Å². The molecule has 3 aromatic rings. The number of aromatic nitrogens is 1. The van der Waals surface area contributed by atoms with Crippen LogP contribution in [0.25, 0.3) is 0 Å². The third-order valence-corrected chi connectivity index (χ3v) is 4.28. The van der Waals surface area contributed by atoms with Gasteiger partial charge in [-0.25, -0.2) is 0 Å². The van der Waals surface area contributed by atoms with Gasteiger partial charge in [-0.05, 0) is 36.4 Å². The molecule has 1 heterocycles. The quantitative estimate of drug-likeness (QED) is 0.615. The summed E-state index contributed by atoms with van der Waals surface area (Å²) in [6.45, 7) is 0. The summed E-state index contributed by atoms with van der Waals surface area (Å²) in [5.41, 5.74) is 2.47. The number of methoxy groups -OCH3 is 1. The van der Waals surface area contributed by atoms with Crippen LogP contribution in [0.4, 0.5) is 17.1 Å². The molecule has 132 valence electrons. The lowest BCUT2D eigenvalue weighted by Gasteiger charge is -2.10. The second-order valence-electron chi connectivity index (χ2n) is 5.40. The second kappa shape index (κ2) is 8.08. The highest BCUT2D eigenvalue weighted by Gasteiger charge is 2.09. The summed E-state index contributed by atoms with van der Waals surface area (Å²) in [5, 5.41) is 6.76. The molecule has 2 N–H and O–H groups in total. The number of ether oxygens (including phenoxy) is 1. The molecule has 1 amide bonds. The van der Waals surface area contributed by atoms with E-state index >= 15 is 0 Å². The maximum Gasteiger partial charge on any atom is 0.257 e. The molecule has 0 aliphatic carbocycles. The number of rotatable bonds is 5. The van der Waals surface area contributed by atoms with Gasteiger partial charge in [0.25, 0.3) is 5.91 Å². The van der Waals surface area contributed by atoms with E-state index in [1.165, 1.54) is 6.20 Å². The molecule has 0 aliphatic heterocycles. The molecule has 2 aromatic carbocycles. The fourth-order valence-corrected chi connectivity index (χ4v) is 2.58. The predicted molar refractivity (Wildman–Crippen MR) is 105 cm³/mol. The van der Waals surface area contributed by atoms with Crippen LogP contribution in [0.2, 0.25) is 10.0 Å². The molecule has 0 aliphatic rings. The van der Waals surface area contributed by atoms with Gasteiger partial charge in [-0.15, -0.1) is 0 Å². The molecule has 26 heavy (non-hydrogen) atoms. The molecule has 0 spiro atoms. The van der Waals surface area contributed by atoms with Crippen molar-refractivity contribution < 1.29 is 9.53 Å². The molecule has 0 bridgehead atoms. The van der Waals surface area contributed by atoms with Gasteiger partial charge in [-0.1, -0.05) is 29.3 Å². The zero-order valence-corrected chi connectivity index (χ0v) is 15.3. The lowest BCUT2D eigenvalue weighted by atomic mass is 10.2. The smallest absolute Gasteiger partial charge is 0.257 e. The molecule has 3 rings (SSSR count). The topological polar surface area (TPSA) is 63.2 Å². The minimum Gasteiger partial charge on any atom is -0.497 e. The molecule has 0 fully saturated rings. The average molecular weight is 388 g/mol. The van der Waals surface area contributed by atoms with Crippen LogP contribution in [0.15, 0.2) is 60.9 Å². The van der Waals surface area contributed by atoms with Crippen molar-refractivity contribution in [2.45, 2.75) is 0 Å². The van der Waals surface area contributed by atoms with Crippen molar-refractivity contribution in [3.05, 3.63) is 76.5 Å². The molecule has 0 saturated carbocycles. The lowest BCUT2D eigenvalue weighted by molar-refractivity contribution is 0.102. The minimum atomic E-state index is -0.301. The fourth-order valence-electron chi connectivity index (χ4n) is 2.28. The van der Waals surface area contributed by atoms with E-state index in [1.54, 1.807) is 37.6 Å². The Kier molecular flexibility index (Phi) is 5.61. The van der Waals surface area contributed by atoms with E-state index in [9.17, 15) is 4.79 Å². The zero-order valence-electron chi connectivity index (χ0n) is 13.8. The molecule has 1 aromatic heterocycles. The van der Waals surface area contributed by atoms with Gasteiger partial charge in [0.1, 0.15) is 5.75 Å². The van der Waals surface area contributed by atoms with Gasteiger partial charge in [-0.3, -0.25) is 9.78 Å². The van der Waals surface area contributed by atoms with Gasteiger partial charge in [-0.2, -0.15) is 0 Å². The van der Waals surface area contributed by atoms with Crippen LogP contribution in [0.1, 0.15) is 10.4 Å². The summed E-state index contributed by atoms with van der Waals surface area (Å²) in [7, 11) is 1.61. The average Bonchev–Trinajstić information content (AvgIpc) is 2.65. The lowest BCUT2D eigenvalue weighted by Crippen LogP contribution is -2.12. The van der Waals surface area contributed by atoms with Crippen molar-refractivity contribution in [3.8, 4) is 5.75 Å². The van der Waals surface area contributed by atoms with Crippen LogP contribution in [0, 0.1) is 0 Å². The minimum absolute atomic E-state index is 0.301. The Balaban J connectivity index is 1.75. The van der Waals surface area contributed by atoms with E-state index in [-0.39, 0.29) is 5.91 Å². The van der Waals surface area contributed by atoms with Gasteiger partial charge >= 0.3 is 0 Å². The first-order valence-electron chi connectivity index (χ1n) is 7.67. The number of halogens is 2. The molecule has 0 radical (unpaired) electrons. The number of carbonyl (C=O) groups is 1. The first-order chi connectivity index (χ1) is 12.5. The summed E-state index contributed by atoms with van der Waals surface area (Å²) >= 11 is 11.8. The van der Waals surface area contributed by atoms with E-state index in [2.05, 4.69) is 15.6 Å². The van der Waals surface area contributed by atoms with Crippen molar-refractivity contribution >= 4 is 46.2 Å². The van der Waals surface area contributed by atoms with E-state index in [1.807, 2.05) is 24.3 Å².